The quantitative estimate of drug-likeness (QED) is 0.791. The van der Waals surface area contributed by atoms with E-state index in [1.54, 1.807) is 4.90 Å². The Morgan fingerprint density at radius 2 is 1.94 bits per heavy atom. The minimum absolute atomic E-state index is 0.163. The largest absolute Gasteiger partial charge is 0.507 e. The van der Waals surface area contributed by atoms with Gasteiger partial charge in [0.1, 0.15) is 11.6 Å². The fourth-order valence-electron chi connectivity index (χ4n) is 1.87. The predicted molar refractivity (Wildman–Crippen MR) is 61.5 cm³/mol. The maximum absolute atomic E-state index is 12.8. The fraction of sp³-hybridized carbons (Fsp3) is 0.417. The Balaban J connectivity index is 2.14. The van der Waals surface area contributed by atoms with Crippen LogP contribution in [0.25, 0.3) is 0 Å². The average Bonchev–Trinajstić information content (AvgIpc) is 2.29. The van der Waals surface area contributed by atoms with Gasteiger partial charge in [-0.25, -0.2) is 4.39 Å². The third kappa shape index (κ3) is 2.55. The van der Waals surface area contributed by atoms with Crippen LogP contribution in [0.1, 0.15) is 10.4 Å². The number of nitrogens with zero attached hydrogens (tertiary/aromatic N) is 2. The van der Waals surface area contributed by atoms with Gasteiger partial charge in [0.15, 0.2) is 0 Å². The van der Waals surface area contributed by atoms with E-state index < -0.39 is 5.82 Å². The molecule has 0 radical (unpaired) electrons. The van der Waals surface area contributed by atoms with Gasteiger partial charge in [-0.2, -0.15) is 0 Å². The Kier molecular flexibility index (Phi) is 3.28. The van der Waals surface area contributed by atoms with Crippen molar-refractivity contribution in [2.45, 2.75) is 0 Å². The summed E-state index contributed by atoms with van der Waals surface area (Å²) < 4.78 is 12.8. The van der Waals surface area contributed by atoms with Crippen LogP contribution in [0.3, 0.4) is 0 Å². The Bertz CT molecular complexity index is 429. The summed E-state index contributed by atoms with van der Waals surface area (Å²) in [6.07, 6.45) is 0. The maximum atomic E-state index is 12.8. The summed E-state index contributed by atoms with van der Waals surface area (Å²) in [6, 6.07) is 3.47. The Morgan fingerprint density at radius 3 is 2.53 bits per heavy atom. The molecule has 0 unspecified atom stereocenters. The second kappa shape index (κ2) is 4.71. The van der Waals surface area contributed by atoms with Crippen LogP contribution in [-0.4, -0.2) is 54.0 Å². The van der Waals surface area contributed by atoms with E-state index in [1.807, 2.05) is 7.05 Å². The molecule has 1 aliphatic heterocycles. The molecule has 0 aromatic heterocycles. The van der Waals surface area contributed by atoms with Gasteiger partial charge in [0.05, 0.1) is 5.56 Å². The summed E-state index contributed by atoms with van der Waals surface area (Å²) in [5.41, 5.74) is 0.163. The number of carbonyl (C=O) groups excluding carboxylic acids is 1. The first-order chi connectivity index (χ1) is 8.08. The second-order valence-electron chi connectivity index (χ2n) is 4.26. The molecule has 0 atom stereocenters. The Hall–Kier alpha value is -1.62. The van der Waals surface area contributed by atoms with E-state index in [4.69, 9.17) is 0 Å². The number of carbonyl (C=O) groups is 1. The summed E-state index contributed by atoms with van der Waals surface area (Å²) in [5.74, 6) is -1.08. The number of rotatable bonds is 1. The number of likely N-dealkylation sites (N-methyl/N-ethyl adjacent to an activating group) is 1. The zero-order valence-corrected chi connectivity index (χ0v) is 9.69. The van der Waals surface area contributed by atoms with Gasteiger partial charge in [0, 0.05) is 32.2 Å². The van der Waals surface area contributed by atoms with Crippen LogP contribution in [0.15, 0.2) is 18.2 Å². The molecule has 1 amide bonds. The smallest absolute Gasteiger partial charge is 0.257 e. The van der Waals surface area contributed by atoms with Crippen LogP contribution in [0.5, 0.6) is 5.75 Å². The highest BCUT2D eigenvalue weighted by atomic mass is 19.1. The van der Waals surface area contributed by atoms with Crippen LogP contribution in [0.2, 0.25) is 0 Å². The first kappa shape index (κ1) is 11.9. The zero-order chi connectivity index (χ0) is 12.4. The van der Waals surface area contributed by atoms with Crippen LogP contribution in [0.4, 0.5) is 4.39 Å². The molecular formula is C12H15FN2O2. The fourth-order valence-corrected chi connectivity index (χ4v) is 1.87. The highest BCUT2D eigenvalue weighted by Crippen LogP contribution is 2.20. The third-order valence-corrected chi connectivity index (χ3v) is 2.98. The number of phenols is 1. The molecule has 1 fully saturated rings. The first-order valence-electron chi connectivity index (χ1n) is 5.54. The van der Waals surface area contributed by atoms with Crippen molar-refractivity contribution in [2.24, 2.45) is 0 Å². The molecule has 0 saturated carbocycles. The van der Waals surface area contributed by atoms with E-state index in [2.05, 4.69) is 4.90 Å². The highest BCUT2D eigenvalue weighted by molar-refractivity contribution is 5.96. The van der Waals surface area contributed by atoms with Crippen molar-refractivity contribution in [3.63, 3.8) is 0 Å². The van der Waals surface area contributed by atoms with Gasteiger partial charge < -0.3 is 14.9 Å². The lowest BCUT2D eigenvalue weighted by Crippen LogP contribution is -2.47. The number of benzene rings is 1. The summed E-state index contributed by atoms with van der Waals surface area (Å²) in [5, 5.41) is 9.55. The number of piperazine rings is 1. The van der Waals surface area contributed by atoms with Crippen molar-refractivity contribution >= 4 is 5.91 Å². The van der Waals surface area contributed by atoms with Crippen LogP contribution in [-0.2, 0) is 0 Å². The molecule has 4 nitrogen and oxygen atoms in total. The summed E-state index contributed by atoms with van der Waals surface area (Å²) in [6.45, 7) is 2.89. The molecule has 1 aromatic carbocycles. The molecular weight excluding hydrogens is 223 g/mol. The lowest BCUT2D eigenvalue weighted by molar-refractivity contribution is 0.0661. The summed E-state index contributed by atoms with van der Waals surface area (Å²) in [7, 11) is 2.00. The standard InChI is InChI=1S/C12H15FN2O2/c1-14-4-6-15(7-5-14)12(17)10-3-2-9(13)8-11(10)16/h2-3,8,16H,4-7H2,1H3. The molecule has 0 bridgehead atoms. The number of halogens is 1. The summed E-state index contributed by atoms with van der Waals surface area (Å²) >= 11 is 0. The van der Waals surface area contributed by atoms with Crippen molar-refractivity contribution in [3.05, 3.63) is 29.6 Å². The number of amides is 1. The average molecular weight is 238 g/mol. The lowest BCUT2D eigenvalue weighted by Gasteiger charge is -2.32. The molecule has 1 heterocycles. The summed E-state index contributed by atoms with van der Waals surface area (Å²) in [4.78, 5) is 15.9. The van der Waals surface area contributed by atoms with Crippen molar-refractivity contribution in [2.75, 3.05) is 33.2 Å². The van der Waals surface area contributed by atoms with E-state index in [0.717, 1.165) is 19.2 Å². The van der Waals surface area contributed by atoms with Crippen molar-refractivity contribution < 1.29 is 14.3 Å². The van der Waals surface area contributed by atoms with Crippen LogP contribution in [0, 0.1) is 5.82 Å². The molecule has 17 heavy (non-hydrogen) atoms. The van der Waals surface area contributed by atoms with E-state index in [1.165, 1.54) is 12.1 Å². The molecule has 1 aliphatic rings. The van der Waals surface area contributed by atoms with Crippen molar-refractivity contribution in [3.8, 4) is 5.75 Å². The highest BCUT2D eigenvalue weighted by Gasteiger charge is 2.22. The van der Waals surface area contributed by atoms with E-state index in [-0.39, 0.29) is 17.2 Å². The molecule has 0 spiro atoms. The molecule has 2 rings (SSSR count). The Morgan fingerprint density at radius 1 is 1.29 bits per heavy atom. The minimum atomic E-state index is -0.544. The van der Waals surface area contributed by atoms with Gasteiger partial charge in [0.25, 0.3) is 5.91 Å². The second-order valence-corrected chi connectivity index (χ2v) is 4.26. The number of aromatic hydroxyl groups is 1. The Labute approximate surface area is 99.3 Å². The van der Waals surface area contributed by atoms with E-state index >= 15 is 0 Å². The third-order valence-electron chi connectivity index (χ3n) is 2.98. The normalized spacial score (nSPS) is 17.2. The van der Waals surface area contributed by atoms with Crippen molar-refractivity contribution in [1.82, 2.24) is 9.80 Å². The number of hydrogen-bond donors (Lipinski definition) is 1. The van der Waals surface area contributed by atoms with Crippen LogP contribution >= 0.6 is 0 Å². The van der Waals surface area contributed by atoms with Gasteiger partial charge >= 0.3 is 0 Å². The van der Waals surface area contributed by atoms with Gasteiger partial charge in [-0.15, -0.1) is 0 Å². The number of phenolic OH excluding ortho intramolecular Hbond substituents is 1. The monoisotopic (exact) mass is 238 g/mol. The number of hydrogen-bond acceptors (Lipinski definition) is 3. The molecule has 1 aromatic rings. The van der Waals surface area contributed by atoms with E-state index in [0.29, 0.717) is 13.1 Å². The lowest BCUT2D eigenvalue weighted by atomic mass is 10.1. The SMILES string of the molecule is CN1CCN(C(=O)c2ccc(F)cc2O)CC1. The molecule has 92 valence electrons. The molecule has 1 saturated heterocycles. The zero-order valence-electron chi connectivity index (χ0n) is 9.69. The topological polar surface area (TPSA) is 43.8 Å². The van der Waals surface area contributed by atoms with Crippen LogP contribution < -0.4 is 0 Å². The maximum Gasteiger partial charge on any atom is 0.257 e. The predicted octanol–water partition coefficient (Wildman–Crippen LogP) is 0.919. The van der Waals surface area contributed by atoms with E-state index in [9.17, 15) is 14.3 Å². The minimum Gasteiger partial charge on any atom is -0.507 e. The van der Waals surface area contributed by atoms with Gasteiger partial charge in [-0.1, -0.05) is 0 Å². The van der Waals surface area contributed by atoms with Gasteiger partial charge in [-0.05, 0) is 19.2 Å². The molecule has 0 aliphatic carbocycles. The van der Waals surface area contributed by atoms with Crippen molar-refractivity contribution in [1.29, 1.82) is 0 Å². The first-order valence-corrected chi connectivity index (χ1v) is 5.54. The van der Waals surface area contributed by atoms with Gasteiger partial charge in [0.2, 0.25) is 0 Å². The molecule has 1 N–H and O–H groups in total. The van der Waals surface area contributed by atoms with Gasteiger partial charge in [-0.3, -0.25) is 4.79 Å². The molecule has 5 heteroatoms.